The summed E-state index contributed by atoms with van der Waals surface area (Å²) in [6, 6.07) is 18.3. The molecule has 2 amide bonds. The number of ether oxygens (including phenoxy) is 1. The number of hydrogen-bond acceptors (Lipinski definition) is 6. The summed E-state index contributed by atoms with van der Waals surface area (Å²) < 4.78 is 5.20. The number of anilines is 2. The van der Waals surface area contributed by atoms with Crippen LogP contribution < -0.4 is 10.2 Å². The number of thiophene rings is 1. The molecule has 0 fully saturated rings. The van der Waals surface area contributed by atoms with Crippen LogP contribution in [0.5, 0.6) is 0 Å². The second-order valence-electron chi connectivity index (χ2n) is 10.1. The van der Waals surface area contributed by atoms with Crippen molar-refractivity contribution in [2.45, 2.75) is 39.0 Å². The van der Waals surface area contributed by atoms with Crippen molar-refractivity contribution in [3.05, 3.63) is 98.6 Å². The van der Waals surface area contributed by atoms with Gasteiger partial charge in [0.1, 0.15) is 10.0 Å². The van der Waals surface area contributed by atoms with E-state index in [-0.39, 0.29) is 22.9 Å². The average Bonchev–Trinajstić information content (AvgIpc) is 3.35. The third-order valence-electron chi connectivity index (χ3n) is 7.46. The van der Waals surface area contributed by atoms with E-state index in [0.717, 1.165) is 58.6 Å². The van der Waals surface area contributed by atoms with Crippen LogP contribution in [0.3, 0.4) is 0 Å². The fraction of sp³-hybridized carbons (Fsp3) is 0.250. The number of halogens is 1. The molecule has 2 aliphatic rings. The van der Waals surface area contributed by atoms with Crippen LogP contribution in [0.2, 0.25) is 5.15 Å². The van der Waals surface area contributed by atoms with E-state index in [9.17, 15) is 14.4 Å². The molecule has 1 N–H and O–H groups in total. The first-order valence-corrected chi connectivity index (χ1v) is 14.9. The van der Waals surface area contributed by atoms with Gasteiger partial charge in [-0.2, -0.15) is 0 Å². The minimum absolute atomic E-state index is 0.141. The number of benzene rings is 2. The third-order valence-corrected chi connectivity index (χ3v) is 8.94. The van der Waals surface area contributed by atoms with Crippen LogP contribution in [-0.4, -0.2) is 35.9 Å². The topological polar surface area (TPSA) is 88.6 Å². The Bertz CT molecular complexity index is 1660. The number of rotatable bonds is 5. The molecule has 9 heteroatoms. The van der Waals surface area contributed by atoms with E-state index in [2.05, 4.69) is 10.3 Å². The summed E-state index contributed by atoms with van der Waals surface area (Å²) in [6.07, 6.45) is 4.56. The molecular weight excluding hydrogens is 558 g/mol. The van der Waals surface area contributed by atoms with Gasteiger partial charge in [-0.05, 0) is 92.6 Å². The quantitative estimate of drug-likeness (QED) is 0.202. The molecule has 1 aliphatic heterocycles. The number of pyridine rings is 1. The van der Waals surface area contributed by atoms with Crippen molar-refractivity contribution in [3.8, 4) is 10.4 Å². The lowest BCUT2D eigenvalue weighted by Crippen LogP contribution is -2.32. The molecule has 41 heavy (non-hydrogen) atoms. The zero-order valence-corrected chi connectivity index (χ0v) is 24.1. The molecule has 4 aromatic rings. The second-order valence-corrected chi connectivity index (χ2v) is 11.5. The largest absolute Gasteiger partial charge is 0.462 e. The first-order valence-electron chi connectivity index (χ1n) is 13.7. The van der Waals surface area contributed by atoms with Crippen molar-refractivity contribution in [1.82, 2.24) is 4.98 Å². The summed E-state index contributed by atoms with van der Waals surface area (Å²) in [4.78, 5) is 46.9. The molecule has 2 aromatic carbocycles. The summed E-state index contributed by atoms with van der Waals surface area (Å²) in [5, 5.41) is 3.09. The Morgan fingerprint density at radius 3 is 2.59 bits per heavy atom. The number of hydrogen-bond donors (Lipinski definition) is 1. The Morgan fingerprint density at radius 2 is 1.78 bits per heavy atom. The van der Waals surface area contributed by atoms with E-state index in [1.165, 1.54) is 11.3 Å². The molecular formula is C32H28ClN3O4S. The van der Waals surface area contributed by atoms with Gasteiger partial charge in [-0.3, -0.25) is 9.59 Å². The summed E-state index contributed by atoms with van der Waals surface area (Å²) in [6.45, 7) is 2.57. The van der Waals surface area contributed by atoms with Gasteiger partial charge in [-0.15, -0.1) is 11.3 Å². The van der Waals surface area contributed by atoms with Gasteiger partial charge in [0.05, 0.1) is 17.9 Å². The van der Waals surface area contributed by atoms with Gasteiger partial charge in [0.15, 0.2) is 0 Å². The Kier molecular flexibility index (Phi) is 7.60. The molecule has 208 valence electrons. The van der Waals surface area contributed by atoms with Crippen LogP contribution in [-0.2, 0) is 24.0 Å². The first kappa shape index (κ1) is 27.2. The van der Waals surface area contributed by atoms with Gasteiger partial charge in [0, 0.05) is 33.9 Å². The third kappa shape index (κ3) is 5.37. The second kappa shape index (κ2) is 11.5. The Morgan fingerprint density at radius 1 is 1.00 bits per heavy atom. The maximum Gasteiger partial charge on any atom is 0.348 e. The number of fused-ring (bicyclic) bond motifs is 4. The van der Waals surface area contributed by atoms with Gasteiger partial charge in [-0.1, -0.05) is 29.8 Å². The van der Waals surface area contributed by atoms with Gasteiger partial charge >= 0.3 is 5.97 Å². The molecule has 0 atom stereocenters. The lowest BCUT2D eigenvalue weighted by molar-refractivity contribution is 0.0531. The SMILES string of the molecule is CCOC(=O)c1cc2c(s1)-c1ccccc1N(C(=O)c1ccc(NC(=O)c3cc4c(nc3Cl)CCCC4)cc1)CC2. The number of nitrogens with zero attached hydrogens (tertiary/aromatic N) is 2. The molecule has 0 bridgehead atoms. The highest BCUT2D eigenvalue weighted by Gasteiger charge is 2.28. The highest BCUT2D eigenvalue weighted by molar-refractivity contribution is 7.17. The molecule has 0 saturated heterocycles. The van der Waals surface area contributed by atoms with Gasteiger partial charge in [0.2, 0.25) is 0 Å². The Hall–Kier alpha value is -4.01. The molecule has 6 rings (SSSR count). The first-order chi connectivity index (χ1) is 19.9. The fourth-order valence-corrected chi connectivity index (χ4v) is 6.81. The minimum atomic E-state index is -0.329. The van der Waals surface area contributed by atoms with Crippen LogP contribution in [0, 0.1) is 0 Å². The lowest BCUT2D eigenvalue weighted by atomic mass is 9.95. The fourth-order valence-electron chi connectivity index (χ4n) is 5.43. The standard InChI is InChI=1S/C32H28ClN3O4S/c1-2-40-32(39)27-18-21-15-16-36(26-10-6-4-8-23(26)28(21)41-27)31(38)19-11-13-22(14-12-19)34-30(37)24-17-20-7-3-5-9-25(20)35-29(24)33/h4,6,8,10-14,17-18H,2-3,5,7,9,15-16H2,1H3,(H,34,37). The summed E-state index contributed by atoms with van der Waals surface area (Å²) in [7, 11) is 0. The van der Waals surface area contributed by atoms with E-state index in [4.69, 9.17) is 16.3 Å². The predicted octanol–water partition coefficient (Wildman–Crippen LogP) is 6.97. The van der Waals surface area contributed by atoms with Crippen molar-refractivity contribution in [2.24, 2.45) is 0 Å². The number of para-hydroxylation sites is 1. The van der Waals surface area contributed by atoms with E-state index in [1.54, 1.807) is 36.1 Å². The minimum Gasteiger partial charge on any atom is -0.462 e. The van der Waals surface area contributed by atoms with E-state index in [0.29, 0.717) is 41.3 Å². The monoisotopic (exact) mass is 585 g/mol. The molecule has 0 radical (unpaired) electrons. The molecule has 2 aromatic heterocycles. The molecule has 0 unspecified atom stereocenters. The summed E-state index contributed by atoms with van der Waals surface area (Å²) in [5.41, 5.74) is 6.20. The number of carbonyl (C=O) groups excluding carboxylic acids is 3. The van der Waals surface area contributed by atoms with Crippen LogP contribution in [0.15, 0.2) is 60.7 Å². The van der Waals surface area contributed by atoms with Crippen molar-refractivity contribution in [1.29, 1.82) is 0 Å². The maximum atomic E-state index is 13.7. The van der Waals surface area contributed by atoms with Crippen molar-refractivity contribution < 1.29 is 19.1 Å². The van der Waals surface area contributed by atoms with Crippen molar-refractivity contribution >= 4 is 52.1 Å². The van der Waals surface area contributed by atoms with Crippen LogP contribution in [0.1, 0.15) is 67.0 Å². The highest BCUT2D eigenvalue weighted by atomic mass is 35.5. The van der Waals surface area contributed by atoms with Crippen molar-refractivity contribution in [3.63, 3.8) is 0 Å². The molecule has 1 aliphatic carbocycles. The lowest BCUT2D eigenvalue weighted by Gasteiger charge is -2.23. The van der Waals surface area contributed by atoms with Crippen LogP contribution in [0.4, 0.5) is 11.4 Å². The van der Waals surface area contributed by atoms with Gasteiger partial charge in [0.25, 0.3) is 11.8 Å². The predicted molar refractivity (Wildman–Crippen MR) is 161 cm³/mol. The number of aromatic nitrogens is 1. The Labute approximate surface area is 247 Å². The zero-order valence-electron chi connectivity index (χ0n) is 22.5. The van der Waals surface area contributed by atoms with E-state index >= 15 is 0 Å². The normalized spacial score (nSPS) is 13.9. The Balaban J connectivity index is 1.21. The highest BCUT2D eigenvalue weighted by Crippen LogP contribution is 2.42. The van der Waals surface area contributed by atoms with Crippen molar-refractivity contribution in [2.75, 3.05) is 23.4 Å². The maximum absolute atomic E-state index is 13.7. The summed E-state index contributed by atoms with van der Waals surface area (Å²) >= 11 is 7.75. The number of carbonyl (C=O) groups is 3. The zero-order chi connectivity index (χ0) is 28.5. The smallest absolute Gasteiger partial charge is 0.348 e. The van der Waals surface area contributed by atoms with Crippen LogP contribution in [0.25, 0.3) is 10.4 Å². The molecule has 0 saturated carbocycles. The van der Waals surface area contributed by atoms with Crippen LogP contribution >= 0.6 is 22.9 Å². The molecule has 7 nitrogen and oxygen atoms in total. The summed E-state index contributed by atoms with van der Waals surface area (Å²) in [5.74, 6) is -0.795. The van der Waals surface area contributed by atoms with E-state index < -0.39 is 0 Å². The molecule has 3 heterocycles. The van der Waals surface area contributed by atoms with Gasteiger partial charge in [-0.25, -0.2) is 9.78 Å². The number of esters is 1. The average molecular weight is 586 g/mol. The number of aryl methyl sites for hydroxylation is 2. The van der Waals surface area contributed by atoms with Gasteiger partial charge < -0.3 is 15.0 Å². The number of nitrogens with one attached hydrogen (secondary N) is 1. The van der Waals surface area contributed by atoms with E-state index in [1.807, 2.05) is 36.4 Å². The number of amides is 2. The molecule has 0 spiro atoms.